The molecule has 0 aliphatic carbocycles. The third kappa shape index (κ3) is 5.15. The van der Waals surface area contributed by atoms with E-state index < -0.39 is 24.3 Å². The molecular formula is C21H24FNO3. The van der Waals surface area contributed by atoms with Crippen LogP contribution in [0.25, 0.3) is 0 Å². The third-order valence-corrected chi connectivity index (χ3v) is 4.16. The van der Waals surface area contributed by atoms with Gasteiger partial charge >= 0.3 is 5.97 Å². The average Bonchev–Trinajstić information content (AvgIpc) is 2.64. The molecule has 1 N–H and O–H groups in total. The molecule has 2 aromatic carbocycles. The summed E-state index contributed by atoms with van der Waals surface area (Å²) < 4.78 is 18.5. The Kier molecular flexibility index (Phi) is 6.89. The Morgan fingerprint density at radius 2 is 1.73 bits per heavy atom. The van der Waals surface area contributed by atoms with Crippen LogP contribution in [-0.4, -0.2) is 18.5 Å². The molecule has 0 unspecified atom stereocenters. The fraction of sp³-hybridized carbons (Fsp3) is 0.333. The van der Waals surface area contributed by atoms with E-state index in [9.17, 15) is 14.0 Å². The second kappa shape index (κ2) is 9.13. The summed E-state index contributed by atoms with van der Waals surface area (Å²) in [4.78, 5) is 24.1. The molecule has 2 rings (SSSR count). The Balaban J connectivity index is 1.97. The van der Waals surface area contributed by atoms with Gasteiger partial charge in [-0.05, 0) is 35.6 Å². The number of rotatable bonds is 7. The lowest BCUT2D eigenvalue weighted by Gasteiger charge is -2.23. The van der Waals surface area contributed by atoms with E-state index in [1.807, 2.05) is 38.1 Å². The van der Waals surface area contributed by atoms with Crippen LogP contribution in [0.1, 0.15) is 48.3 Å². The predicted octanol–water partition coefficient (Wildman–Crippen LogP) is 4.06. The van der Waals surface area contributed by atoms with Gasteiger partial charge in [0.15, 0.2) is 6.61 Å². The second-order valence-electron chi connectivity index (χ2n) is 6.44. The second-order valence-corrected chi connectivity index (χ2v) is 6.44. The number of esters is 1. The fourth-order valence-corrected chi connectivity index (χ4v) is 2.65. The minimum absolute atomic E-state index is 0.161. The highest BCUT2D eigenvalue weighted by atomic mass is 19.1. The highest BCUT2D eigenvalue weighted by Crippen LogP contribution is 2.22. The van der Waals surface area contributed by atoms with Crippen molar-refractivity contribution >= 4 is 11.9 Å². The number of halogens is 1. The van der Waals surface area contributed by atoms with Crippen molar-refractivity contribution < 1.29 is 18.7 Å². The number of hydrogen-bond acceptors (Lipinski definition) is 3. The molecule has 4 nitrogen and oxygen atoms in total. The molecule has 0 saturated carbocycles. The first-order valence-electron chi connectivity index (χ1n) is 8.72. The van der Waals surface area contributed by atoms with Crippen molar-refractivity contribution in [1.82, 2.24) is 5.32 Å². The molecule has 0 bridgehead atoms. The van der Waals surface area contributed by atoms with E-state index in [4.69, 9.17) is 4.74 Å². The summed E-state index contributed by atoms with van der Waals surface area (Å²) in [5.41, 5.74) is 2.03. The Bertz CT molecular complexity index is 756. The van der Waals surface area contributed by atoms with Crippen LogP contribution < -0.4 is 5.32 Å². The highest BCUT2D eigenvalue weighted by Gasteiger charge is 2.20. The van der Waals surface area contributed by atoms with Gasteiger partial charge in [-0.3, -0.25) is 4.79 Å². The monoisotopic (exact) mass is 357 g/mol. The minimum atomic E-state index is -0.855. The first-order valence-corrected chi connectivity index (χ1v) is 8.72. The fourth-order valence-electron chi connectivity index (χ4n) is 2.65. The Morgan fingerprint density at radius 3 is 2.31 bits per heavy atom. The van der Waals surface area contributed by atoms with Gasteiger partial charge in [0, 0.05) is 0 Å². The maximum atomic E-state index is 13.6. The molecule has 0 saturated heterocycles. The zero-order chi connectivity index (χ0) is 19.1. The number of ether oxygens (including phenoxy) is 1. The van der Waals surface area contributed by atoms with Crippen LogP contribution in [0.4, 0.5) is 4.39 Å². The zero-order valence-electron chi connectivity index (χ0n) is 15.3. The van der Waals surface area contributed by atoms with Crippen molar-refractivity contribution in [3.8, 4) is 0 Å². The lowest BCUT2D eigenvalue weighted by Crippen LogP contribution is -2.35. The molecule has 0 spiro atoms. The Labute approximate surface area is 153 Å². The lowest BCUT2D eigenvalue weighted by atomic mass is 9.95. The van der Waals surface area contributed by atoms with Gasteiger partial charge < -0.3 is 10.1 Å². The standard InChI is InChI=1S/C21H24FNO3/c1-4-15-9-11-16(12-10-15)20(14(2)3)23-19(24)13-26-21(25)17-7-5-6-8-18(17)22/h5-12,14,20H,4,13H2,1-3H3,(H,23,24)/t20-/m0/s1. The minimum Gasteiger partial charge on any atom is -0.452 e. The van der Waals surface area contributed by atoms with Crippen LogP contribution in [0.3, 0.4) is 0 Å². The van der Waals surface area contributed by atoms with Crippen molar-refractivity contribution in [1.29, 1.82) is 0 Å². The molecule has 2 aromatic rings. The maximum absolute atomic E-state index is 13.6. The first kappa shape index (κ1) is 19.6. The number of benzene rings is 2. The van der Waals surface area contributed by atoms with Crippen molar-refractivity contribution in [2.45, 2.75) is 33.2 Å². The molecule has 0 fully saturated rings. The van der Waals surface area contributed by atoms with E-state index in [1.54, 1.807) is 0 Å². The van der Waals surface area contributed by atoms with Gasteiger partial charge in [-0.15, -0.1) is 0 Å². The molecule has 5 heteroatoms. The van der Waals surface area contributed by atoms with Gasteiger partial charge in [0.05, 0.1) is 11.6 Å². The molecule has 0 heterocycles. The number of carbonyl (C=O) groups excluding carboxylic acids is 2. The van der Waals surface area contributed by atoms with Gasteiger partial charge in [-0.25, -0.2) is 9.18 Å². The van der Waals surface area contributed by atoms with Crippen molar-refractivity contribution in [3.05, 3.63) is 71.0 Å². The zero-order valence-corrected chi connectivity index (χ0v) is 15.3. The summed E-state index contributed by atoms with van der Waals surface area (Å²) in [5, 5.41) is 2.88. The van der Waals surface area contributed by atoms with E-state index in [1.165, 1.54) is 29.8 Å². The quantitative estimate of drug-likeness (QED) is 0.761. The molecule has 0 radical (unpaired) electrons. The lowest BCUT2D eigenvalue weighted by molar-refractivity contribution is -0.125. The van der Waals surface area contributed by atoms with Crippen LogP contribution in [0.15, 0.2) is 48.5 Å². The van der Waals surface area contributed by atoms with Gasteiger partial charge in [-0.1, -0.05) is 57.2 Å². The van der Waals surface area contributed by atoms with Crippen molar-refractivity contribution in [2.24, 2.45) is 5.92 Å². The van der Waals surface area contributed by atoms with Crippen molar-refractivity contribution in [2.75, 3.05) is 6.61 Å². The molecule has 1 atom stereocenters. The SMILES string of the molecule is CCc1ccc([C@@H](NC(=O)COC(=O)c2ccccc2F)C(C)C)cc1. The number of hydrogen-bond donors (Lipinski definition) is 1. The number of nitrogens with one attached hydrogen (secondary N) is 1. The van der Waals surface area contributed by atoms with E-state index in [2.05, 4.69) is 12.2 Å². The normalized spacial score (nSPS) is 11.9. The van der Waals surface area contributed by atoms with Gasteiger partial charge in [0.25, 0.3) is 5.91 Å². The molecule has 1 amide bonds. The first-order chi connectivity index (χ1) is 12.4. The average molecular weight is 357 g/mol. The van der Waals surface area contributed by atoms with Gasteiger partial charge in [0.1, 0.15) is 5.82 Å². The predicted molar refractivity (Wildman–Crippen MR) is 98.2 cm³/mol. The van der Waals surface area contributed by atoms with Crippen LogP contribution in [-0.2, 0) is 16.0 Å². The molecule has 0 aliphatic heterocycles. The summed E-state index contributed by atoms with van der Waals surface area (Å²) in [6.07, 6.45) is 0.949. The largest absolute Gasteiger partial charge is 0.452 e. The Hall–Kier alpha value is -2.69. The molecule has 138 valence electrons. The van der Waals surface area contributed by atoms with E-state index >= 15 is 0 Å². The van der Waals surface area contributed by atoms with Gasteiger partial charge in [-0.2, -0.15) is 0 Å². The third-order valence-electron chi connectivity index (χ3n) is 4.16. The smallest absolute Gasteiger partial charge is 0.341 e. The van der Waals surface area contributed by atoms with E-state index in [-0.39, 0.29) is 17.5 Å². The summed E-state index contributed by atoms with van der Waals surface area (Å²) in [6.45, 7) is 5.64. The number of aryl methyl sites for hydroxylation is 1. The molecule has 26 heavy (non-hydrogen) atoms. The molecule has 0 aliphatic rings. The summed E-state index contributed by atoms with van der Waals surface area (Å²) in [5.74, 6) is -1.79. The number of amides is 1. The maximum Gasteiger partial charge on any atom is 0.341 e. The van der Waals surface area contributed by atoms with Crippen LogP contribution in [0, 0.1) is 11.7 Å². The summed E-state index contributed by atoms with van der Waals surface area (Å²) in [7, 11) is 0. The van der Waals surface area contributed by atoms with Crippen LogP contribution in [0.2, 0.25) is 0 Å². The number of carbonyl (C=O) groups is 2. The summed E-state index contributed by atoms with van der Waals surface area (Å²) >= 11 is 0. The molecule has 0 aromatic heterocycles. The Morgan fingerprint density at radius 1 is 1.08 bits per heavy atom. The van der Waals surface area contributed by atoms with Gasteiger partial charge in [0.2, 0.25) is 0 Å². The van der Waals surface area contributed by atoms with E-state index in [0.717, 1.165) is 12.0 Å². The van der Waals surface area contributed by atoms with Crippen LogP contribution in [0.5, 0.6) is 0 Å². The summed E-state index contributed by atoms with van der Waals surface area (Å²) in [6, 6.07) is 13.4. The topological polar surface area (TPSA) is 55.4 Å². The van der Waals surface area contributed by atoms with Crippen LogP contribution >= 0.6 is 0 Å². The van der Waals surface area contributed by atoms with E-state index in [0.29, 0.717) is 0 Å². The molecular weight excluding hydrogens is 333 g/mol. The van der Waals surface area contributed by atoms with Crippen molar-refractivity contribution in [3.63, 3.8) is 0 Å². The highest BCUT2D eigenvalue weighted by molar-refractivity contribution is 5.91.